The summed E-state index contributed by atoms with van der Waals surface area (Å²) in [6.07, 6.45) is 1.55. The van der Waals surface area contributed by atoms with Crippen LogP contribution in [0.3, 0.4) is 0 Å². The third kappa shape index (κ3) is 3.48. The molecule has 17 heavy (non-hydrogen) atoms. The van der Waals surface area contributed by atoms with Gasteiger partial charge in [-0.3, -0.25) is 4.79 Å². The second-order valence-corrected chi connectivity index (χ2v) is 4.74. The monoisotopic (exact) mass is 234 g/mol. The first-order chi connectivity index (χ1) is 7.95. The van der Waals surface area contributed by atoms with E-state index in [0.29, 0.717) is 18.0 Å². The summed E-state index contributed by atoms with van der Waals surface area (Å²) in [5, 5.41) is 2.92. The number of nitrogen functional groups attached to an aromatic ring is 1. The Kier molecular flexibility index (Phi) is 4.55. The highest BCUT2D eigenvalue weighted by atomic mass is 16.1. The second-order valence-electron chi connectivity index (χ2n) is 4.74. The first-order valence-electron chi connectivity index (χ1n) is 6.11. The van der Waals surface area contributed by atoms with Gasteiger partial charge in [0.05, 0.1) is 11.4 Å². The smallest absolute Gasteiger partial charge is 0.224 e. The van der Waals surface area contributed by atoms with Crippen molar-refractivity contribution in [3.63, 3.8) is 0 Å². The van der Waals surface area contributed by atoms with Crippen LogP contribution in [0.25, 0.3) is 0 Å². The normalized spacial score (nSPS) is 12.2. The summed E-state index contributed by atoms with van der Waals surface area (Å²) in [5.74, 6) is 0.445. The molecule has 0 fully saturated rings. The number of rotatable bonds is 4. The molecule has 3 heteroatoms. The molecule has 1 unspecified atom stereocenters. The van der Waals surface area contributed by atoms with Crippen LogP contribution >= 0.6 is 0 Å². The highest BCUT2D eigenvalue weighted by molar-refractivity contribution is 5.95. The summed E-state index contributed by atoms with van der Waals surface area (Å²) >= 11 is 0. The molecule has 0 spiro atoms. The van der Waals surface area contributed by atoms with Crippen molar-refractivity contribution in [3.8, 4) is 0 Å². The van der Waals surface area contributed by atoms with Crippen LogP contribution in [0.2, 0.25) is 0 Å². The highest BCUT2D eigenvalue weighted by Crippen LogP contribution is 2.26. The minimum absolute atomic E-state index is 0.0414. The predicted molar refractivity (Wildman–Crippen MR) is 73.0 cm³/mol. The summed E-state index contributed by atoms with van der Waals surface area (Å²) < 4.78 is 0. The van der Waals surface area contributed by atoms with Gasteiger partial charge in [0.15, 0.2) is 0 Å². The predicted octanol–water partition coefficient (Wildman–Crippen LogP) is 3.26. The van der Waals surface area contributed by atoms with Crippen molar-refractivity contribution in [1.29, 1.82) is 0 Å². The van der Waals surface area contributed by atoms with Crippen LogP contribution < -0.4 is 11.1 Å². The summed E-state index contributed by atoms with van der Waals surface area (Å²) in [7, 11) is 0. The zero-order valence-corrected chi connectivity index (χ0v) is 11.1. The Morgan fingerprint density at radius 3 is 2.65 bits per heavy atom. The Morgan fingerprint density at radius 2 is 2.06 bits per heavy atom. The van der Waals surface area contributed by atoms with E-state index in [4.69, 9.17) is 5.73 Å². The number of amides is 1. The summed E-state index contributed by atoms with van der Waals surface area (Å²) in [4.78, 5) is 11.8. The molecule has 0 aliphatic carbocycles. The van der Waals surface area contributed by atoms with Crippen LogP contribution in [0.4, 0.5) is 11.4 Å². The lowest BCUT2D eigenvalue weighted by Crippen LogP contribution is -2.16. The molecule has 0 aliphatic rings. The van der Waals surface area contributed by atoms with Crippen LogP contribution in [0, 0.1) is 19.8 Å². The Morgan fingerprint density at radius 1 is 1.41 bits per heavy atom. The third-order valence-corrected chi connectivity index (χ3v) is 3.26. The Hall–Kier alpha value is -1.51. The van der Waals surface area contributed by atoms with Crippen molar-refractivity contribution < 1.29 is 4.79 Å². The summed E-state index contributed by atoms with van der Waals surface area (Å²) in [6.45, 7) is 8.15. The molecule has 1 amide bonds. The maximum absolute atomic E-state index is 11.8. The van der Waals surface area contributed by atoms with Gasteiger partial charge in [-0.05, 0) is 37.0 Å². The number of hydrogen-bond acceptors (Lipinski definition) is 2. The van der Waals surface area contributed by atoms with E-state index >= 15 is 0 Å². The number of anilines is 2. The number of aryl methyl sites for hydroxylation is 1. The average Bonchev–Trinajstić information content (AvgIpc) is 2.29. The van der Waals surface area contributed by atoms with Gasteiger partial charge in [0.2, 0.25) is 5.91 Å². The fraction of sp³-hybridized carbons (Fsp3) is 0.500. The standard InChI is InChI=1S/C14H22N2O/c1-5-9(2)8-13(17)16-14-11(4)10(3)6-7-12(14)15/h6-7,9H,5,8,15H2,1-4H3,(H,16,17). The van der Waals surface area contributed by atoms with Gasteiger partial charge in [0.1, 0.15) is 0 Å². The fourth-order valence-electron chi connectivity index (χ4n) is 1.65. The molecule has 1 rings (SSSR count). The molecule has 94 valence electrons. The van der Waals surface area contributed by atoms with Gasteiger partial charge in [0.25, 0.3) is 0 Å². The number of benzene rings is 1. The largest absolute Gasteiger partial charge is 0.397 e. The van der Waals surface area contributed by atoms with E-state index in [9.17, 15) is 4.79 Å². The lowest BCUT2D eigenvalue weighted by molar-refractivity contribution is -0.117. The topological polar surface area (TPSA) is 55.1 Å². The number of carbonyl (C=O) groups is 1. The van der Waals surface area contributed by atoms with Crippen molar-refractivity contribution in [2.45, 2.75) is 40.5 Å². The van der Waals surface area contributed by atoms with Crippen molar-refractivity contribution in [1.82, 2.24) is 0 Å². The van der Waals surface area contributed by atoms with E-state index < -0.39 is 0 Å². The van der Waals surface area contributed by atoms with E-state index in [1.54, 1.807) is 0 Å². The van der Waals surface area contributed by atoms with Gasteiger partial charge in [-0.1, -0.05) is 26.3 Å². The van der Waals surface area contributed by atoms with Crippen LogP contribution in [-0.2, 0) is 4.79 Å². The second kappa shape index (κ2) is 5.71. The summed E-state index contributed by atoms with van der Waals surface area (Å²) in [6, 6.07) is 3.80. The zero-order chi connectivity index (χ0) is 13.0. The zero-order valence-electron chi connectivity index (χ0n) is 11.1. The first kappa shape index (κ1) is 13.6. The van der Waals surface area contributed by atoms with Crippen molar-refractivity contribution in [2.24, 2.45) is 5.92 Å². The molecule has 3 N–H and O–H groups in total. The van der Waals surface area contributed by atoms with E-state index in [1.165, 1.54) is 0 Å². The van der Waals surface area contributed by atoms with E-state index in [2.05, 4.69) is 19.2 Å². The molecule has 0 aromatic heterocycles. The Labute approximate surface area is 103 Å². The number of nitrogens with one attached hydrogen (secondary N) is 1. The number of nitrogens with two attached hydrogens (primary N) is 1. The van der Waals surface area contributed by atoms with E-state index in [-0.39, 0.29) is 5.91 Å². The van der Waals surface area contributed by atoms with Crippen LogP contribution in [-0.4, -0.2) is 5.91 Å². The number of hydrogen-bond donors (Lipinski definition) is 2. The molecular formula is C14H22N2O. The van der Waals surface area contributed by atoms with Gasteiger partial charge in [-0.2, -0.15) is 0 Å². The molecule has 0 bridgehead atoms. The SMILES string of the molecule is CCC(C)CC(=O)Nc1c(N)ccc(C)c1C. The molecular weight excluding hydrogens is 212 g/mol. The fourth-order valence-corrected chi connectivity index (χ4v) is 1.65. The maximum Gasteiger partial charge on any atom is 0.224 e. The molecule has 0 radical (unpaired) electrons. The van der Waals surface area contributed by atoms with Crippen LogP contribution in [0.15, 0.2) is 12.1 Å². The van der Waals surface area contributed by atoms with Gasteiger partial charge >= 0.3 is 0 Å². The molecule has 0 saturated carbocycles. The van der Waals surface area contributed by atoms with E-state index in [0.717, 1.165) is 23.2 Å². The van der Waals surface area contributed by atoms with Gasteiger partial charge in [-0.25, -0.2) is 0 Å². The molecule has 3 nitrogen and oxygen atoms in total. The summed E-state index contributed by atoms with van der Waals surface area (Å²) in [5.41, 5.74) is 9.46. The lowest BCUT2D eigenvalue weighted by Gasteiger charge is -2.14. The number of carbonyl (C=O) groups excluding carboxylic acids is 1. The van der Waals surface area contributed by atoms with Gasteiger partial charge in [-0.15, -0.1) is 0 Å². The van der Waals surface area contributed by atoms with Gasteiger partial charge < -0.3 is 11.1 Å². The van der Waals surface area contributed by atoms with Gasteiger partial charge in [0, 0.05) is 6.42 Å². The Balaban J connectivity index is 2.81. The minimum atomic E-state index is 0.0414. The molecule has 0 saturated heterocycles. The average molecular weight is 234 g/mol. The molecule has 0 heterocycles. The van der Waals surface area contributed by atoms with Crippen molar-refractivity contribution in [3.05, 3.63) is 23.3 Å². The Bertz CT molecular complexity index is 413. The van der Waals surface area contributed by atoms with Crippen molar-refractivity contribution >= 4 is 17.3 Å². The highest BCUT2D eigenvalue weighted by Gasteiger charge is 2.11. The quantitative estimate of drug-likeness (QED) is 0.786. The third-order valence-electron chi connectivity index (χ3n) is 3.26. The molecule has 1 aromatic rings. The molecule has 1 atom stereocenters. The minimum Gasteiger partial charge on any atom is -0.397 e. The van der Waals surface area contributed by atoms with Crippen LogP contribution in [0.5, 0.6) is 0 Å². The van der Waals surface area contributed by atoms with Crippen molar-refractivity contribution in [2.75, 3.05) is 11.1 Å². The first-order valence-corrected chi connectivity index (χ1v) is 6.11. The molecule has 0 aliphatic heterocycles. The lowest BCUT2D eigenvalue weighted by atomic mass is 10.0. The maximum atomic E-state index is 11.8. The van der Waals surface area contributed by atoms with E-state index in [1.807, 2.05) is 26.0 Å². The van der Waals surface area contributed by atoms with Crippen LogP contribution in [0.1, 0.15) is 37.8 Å². The molecule has 1 aromatic carbocycles.